The Bertz CT molecular complexity index is 458. The smallest absolute Gasteiger partial charge is 0.231 e. The number of carbonyl (C=O) groups excluding carboxylic acids is 1. The van der Waals surface area contributed by atoms with Crippen molar-refractivity contribution in [2.45, 2.75) is 44.6 Å². The van der Waals surface area contributed by atoms with Crippen molar-refractivity contribution < 1.29 is 4.79 Å². The predicted molar refractivity (Wildman–Crippen MR) is 85.6 cm³/mol. The summed E-state index contributed by atoms with van der Waals surface area (Å²) in [5.74, 6) is 0.0241. The minimum Gasteiger partial charge on any atom is -0.351 e. The summed E-state index contributed by atoms with van der Waals surface area (Å²) in [5, 5.41) is 3.09. The van der Waals surface area contributed by atoms with Gasteiger partial charge in [0.15, 0.2) is 0 Å². The zero-order chi connectivity index (χ0) is 15.2. The Labute approximate surface area is 122 Å². The molecule has 0 radical (unpaired) electrons. The maximum Gasteiger partial charge on any atom is 0.231 e. The van der Waals surface area contributed by atoms with Crippen LogP contribution in [0.3, 0.4) is 0 Å². The lowest BCUT2D eigenvalue weighted by atomic mass is 9.73. The normalized spacial score (nSPS) is 11.8. The number of nitrogens with one attached hydrogen (secondary N) is 1. The van der Waals surface area contributed by atoms with E-state index < -0.39 is 5.41 Å². The van der Waals surface area contributed by atoms with Gasteiger partial charge < -0.3 is 5.32 Å². The molecule has 0 fully saturated rings. The molecule has 2 nitrogen and oxygen atoms in total. The Kier molecular flexibility index (Phi) is 5.32. The molecule has 1 aromatic carbocycles. The van der Waals surface area contributed by atoms with Crippen molar-refractivity contribution in [3.63, 3.8) is 0 Å². The van der Waals surface area contributed by atoms with E-state index in [0.29, 0.717) is 12.8 Å². The molecule has 0 bridgehead atoms. The van der Waals surface area contributed by atoms with Crippen molar-refractivity contribution in [2.24, 2.45) is 0 Å². The highest BCUT2D eigenvalue weighted by molar-refractivity contribution is 5.89. The summed E-state index contributed by atoms with van der Waals surface area (Å²) in [7, 11) is 0. The molecule has 0 heterocycles. The van der Waals surface area contributed by atoms with Crippen molar-refractivity contribution in [2.75, 3.05) is 0 Å². The molecule has 0 spiro atoms. The average molecular weight is 271 g/mol. The fourth-order valence-electron chi connectivity index (χ4n) is 2.35. The number of rotatable bonds is 6. The SMILES string of the molecule is C=CCC(CC=C)(C(=O)NC(C)(C)C)c1ccccc1. The van der Waals surface area contributed by atoms with Gasteiger partial charge in [0.05, 0.1) is 5.41 Å². The minimum atomic E-state index is -0.627. The first-order chi connectivity index (χ1) is 9.35. The number of carbonyl (C=O) groups is 1. The Hall–Kier alpha value is -1.83. The molecule has 0 aromatic heterocycles. The Morgan fingerprint density at radius 1 is 1.10 bits per heavy atom. The van der Waals surface area contributed by atoms with Crippen LogP contribution in [0, 0.1) is 0 Å². The second kappa shape index (κ2) is 6.56. The van der Waals surface area contributed by atoms with Crippen LogP contribution in [0.5, 0.6) is 0 Å². The Balaban J connectivity index is 3.28. The van der Waals surface area contributed by atoms with E-state index >= 15 is 0 Å². The van der Waals surface area contributed by atoms with Crippen LogP contribution in [0.25, 0.3) is 0 Å². The van der Waals surface area contributed by atoms with Gasteiger partial charge in [0.25, 0.3) is 0 Å². The molecule has 0 aliphatic rings. The topological polar surface area (TPSA) is 29.1 Å². The van der Waals surface area contributed by atoms with Gasteiger partial charge in [0.2, 0.25) is 5.91 Å². The van der Waals surface area contributed by atoms with Crippen molar-refractivity contribution in [1.82, 2.24) is 5.32 Å². The third-order valence-electron chi connectivity index (χ3n) is 3.24. The zero-order valence-electron chi connectivity index (χ0n) is 12.8. The summed E-state index contributed by atoms with van der Waals surface area (Å²) >= 11 is 0. The first-order valence-corrected chi connectivity index (χ1v) is 6.95. The second-order valence-electron chi connectivity index (χ2n) is 6.14. The van der Waals surface area contributed by atoms with E-state index in [0.717, 1.165) is 5.56 Å². The van der Waals surface area contributed by atoms with E-state index in [1.807, 2.05) is 51.1 Å². The fourth-order valence-corrected chi connectivity index (χ4v) is 2.35. The number of benzene rings is 1. The molecule has 1 N–H and O–H groups in total. The summed E-state index contributed by atoms with van der Waals surface area (Å²) in [6.07, 6.45) is 4.79. The monoisotopic (exact) mass is 271 g/mol. The number of allylic oxidation sites excluding steroid dienone is 2. The van der Waals surface area contributed by atoms with E-state index in [4.69, 9.17) is 0 Å². The minimum absolute atomic E-state index is 0.0241. The summed E-state index contributed by atoms with van der Waals surface area (Å²) in [4.78, 5) is 12.9. The van der Waals surface area contributed by atoms with Crippen molar-refractivity contribution in [3.8, 4) is 0 Å². The van der Waals surface area contributed by atoms with E-state index in [-0.39, 0.29) is 11.4 Å². The molecule has 0 unspecified atom stereocenters. The van der Waals surface area contributed by atoms with Crippen molar-refractivity contribution >= 4 is 5.91 Å². The number of hydrogen-bond acceptors (Lipinski definition) is 1. The molecular formula is C18H25NO. The molecule has 1 rings (SSSR count). The fraction of sp³-hybridized carbons (Fsp3) is 0.389. The summed E-state index contributed by atoms with van der Waals surface area (Å²) in [5.41, 5.74) is 0.110. The summed E-state index contributed by atoms with van der Waals surface area (Å²) in [6, 6.07) is 9.86. The van der Waals surface area contributed by atoms with E-state index in [1.54, 1.807) is 12.2 Å². The van der Waals surface area contributed by atoms with Gasteiger partial charge in [-0.25, -0.2) is 0 Å². The number of amides is 1. The largest absolute Gasteiger partial charge is 0.351 e. The van der Waals surface area contributed by atoms with Crippen molar-refractivity contribution in [1.29, 1.82) is 0 Å². The van der Waals surface area contributed by atoms with E-state index in [1.165, 1.54) is 0 Å². The van der Waals surface area contributed by atoms with E-state index in [9.17, 15) is 4.79 Å². The van der Waals surface area contributed by atoms with Gasteiger partial charge in [-0.3, -0.25) is 4.79 Å². The molecule has 0 saturated carbocycles. The van der Waals surface area contributed by atoms with Gasteiger partial charge in [-0.15, -0.1) is 13.2 Å². The van der Waals surface area contributed by atoms with Crippen molar-refractivity contribution in [3.05, 3.63) is 61.2 Å². The van der Waals surface area contributed by atoms with Crippen LogP contribution in [0.4, 0.5) is 0 Å². The second-order valence-corrected chi connectivity index (χ2v) is 6.14. The van der Waals surface area contributed by atoms with Crippen LogP contribution in [-0.2, 0) is 10.2 Å². The van der Waals surface area contributed by atoms with Crippen LogP contribution in [0.2, 0.25) is 0 Å². The molecule has 2 heteroatoms. The Morgan fingerprint density at radius 3 is 2.00 bits per heavy atom. The maximum atomic E-state index is 12.9. The first kappa shape index (κ1) is 16.2. The molecule has 0 aliphatic heterocycles. The zero-order valence-corrected chi connectivity index (χ0v) is 12.8. The molecule has 0 atom stereocenters. The van der Waals surface area contributed by atoms with E-state index in [2.05, 4.69) is 18.5 Å². The highest BCUT2D eigenvalue weighted by atomic mass is 16.2. The highest BCUT2D eigenvalue weighted by Gasteiger charge is 2.39. The van der Waals surface area contributed by atoms with Crippen LogP contribution in [-0.4, -0.2) is 11.4 Å². The van der Waals surface area contributed by atoms with Crippen LogP contribution < -0.4 is 5.32 Å². The highest BCUT2D eigenvalue weighted by Crippen LogP contribution is 2.33. The van der Waals surface area contributed by atoms with Crippen LogP contribution in [0.1, 0.15) is 39.2 Å². The van der Waals surface area contributed by atoms with Gasteiger partial charge in [0, 0.05) is 5.54 Å². The third-order valence-corrected chi connectivity index (χ3v) is 3.24. The first-order valence-electron chi connectivity index (χ1n) is 6.95. The molecule has 0 aliphatic carbocycles. The van der Waals surface area contributed by atoms with Gasteiger partial charge in [0.1, 0.15) is 0 Å². The van der Waals surface area contributed by atoms with Gasteiger partial charge >= 0.3 is 0 Å². The molecular weight excluding hydrogens is 246 g/mol. The summed E-state index contributed by atoms with van der Waals surface area (Å²) < 4.78 is 0. The molecule has 0 saturated heterocycles. The standard InChI is InChI=1S/C18H25NO/c1-6-13-18(14-7-2,15-11-9-8-10-12-15)16(20)19-17(3,4)5/h6-12H,1-2,13-14H2,3-5H3,(H,19,20). The lowest BCUT2D eigenvalue weighted by Crippen LogP contribution is -2.51. The lowest BCUT2D eigenvalue weighted by molar-refractivity contribution is -0.128. The quantitative estimate of drug-likeness (QED) is 0.779. The third kappa shape index (κ3) is 3.83. The molecule has 20 heavy (non-hydrogen) atoms. The Morgan fingerprint density at radius 2 is 1.60 bits per heavy atom. The van der Waals surface area contributed by atoms with Gasteiger partial charge in [-0.1, -0.05) is 42.5 Å². The van der Waals surface area contributed by atoms with Crippen LogP contribution in [0.15, 0.2) is 55.6 Å². The van der Waals surface area contributed by atoms with Gasteiger partial charge in [-0.05, 0) is 39.2 Å². The lowest BCUT2D eigenvalue weighted by Gasteiger charge is -2.34. The molecule has 1 aromatic rings. The molecule has 108 valence electrons. The summed E-state index contributed by atoms with van der Waals surface area (Å²) in [6.45, 7) is 13.6. The predicted octanol–water partition coefficient (Wildman–Crippen LogP) is 3.99. The van der Waals surface area contributed by atoms with Crippen LogP contribution >= 0.6 is 0 Å². The molecule has 1 amide bonds. The maximum absolute atomic E-state index is 12.9. The average Bonchev–Trinajstić information content (AvgIpc) is 2.37. The number of hydrogen-bond donors (Lipinski definition) is 1. The van der Waals surface area contributed by atoms with Gasteiger partial charge in [-0.2, -0.15) is 0 Å².